The minimum absolute atomic E-state index is 0.173. The Hall–Kier alpha value is -1.11. The van der Waals surface area contributed by atoms with Crippen molar-refractivity contribution >= 4 is 6.29 Å². The highest BCUT2D eigenvalue weighted by Crippen LogP contribution is 2.10. The molecule has 88 valence electrons. The summed E-state index contributed by atoms with van der Waals surface area (Å²) >= 11 is 0. The van der Waals surface area contributed by atoms with E-state index in [2.05, 4.69) is 0 Å². The maximum absolute atomic E-state index is 10.3. The smallest absolute Gasteiger partial charge is 0.390 e. The Morgan fingerprint density at radius 3 is 1.94 bits per heavy atom. The van der Waals surface area contributed by atoms with Gasteiger partial charge in [0.1, 0.15) is 6.61 Å². The summed E-state index contributed by atoms with van der Waals surface area (Å²) in [7, 11) is -4.94. The first-order valence-corrected chi connectivity index (χ1v) is 5.27. The van der Waals surface area contributed by atoms with Crippen LogP contribution in [-0.4, -0.2) is 18.0 Å². The minimum atomic E-state index is -4.94. The van der Waals surface area contributed by atoms with Crippen molar-refractivity contribution in [3.05, 3.63) is 35.9 Å². The van der Waals surface area contributed by atoms with Crippen molar-refractivity contribution in [2.24, 2.45) is 0 Å². The molecule has 0 amide bonds. The fraction of sp³-hybridized carbons (Fsp3) is 0.222. The van der Waals surface area contributed by atoms with E-state index in [1.807, 2.05) is 18.2 Å². The maximum Gasteiger partial charge on any atom is 0.517 e. The second-order valence-electron chi connectivity index (χ2n) is 2.64. The number of benzene rings is 1. The van der Waals surface area contributed by atoms with Gasteiger partial charge in [-0.15, -0.1) is 10.2 Å². The van der Waals surface area contributed by atoms with Crippen molar-refractivity contribution in [1.29, 1.82) is 0 Å². The zero-order valence-electron chi connectivity index (χ0n) is 8.04. The van der Waals surface area contributed by atoms with Crippen LogP contribution in [0.1, 0.15) is 11.5 Å². The Bertz CT molecular complexity index is 291. The fourth-order valence-corrected chi connectivity index (χ4v) is 0.896. The van der Waals surface area contributed by atoms with Gasteiger partial charge in [-0.1, -0.05) is 30.3 Å². The minimum Gasteiger partial charge on any atom is -0.390 e. The molecule has 1 aromatic rings. The summed E-state index contributed by atoms with van der Waals surface area (Å²) in [5, 5.41) is 8.72. The van der Waals surface area contributed by atoms with Gasteiger partial charge in [-0.05, 0) is 0 Å². The van der Waals surface area contributed by atoms with E-state index in [0.29, 0.717) is 0 Å². The van der Waals surface area contributed by atoms with E-state index >= 15 is 0 Å². The highest BCUT2D eigenvalue weighted by atomic mass is 35.7. The second-order valence-corrected chi connectivity index (χ2v) is 3.40. The molecule has 0 aliphatic heterocycles. The predicted molar refractivity (Wildman–Crippen MR) is 42.0 cm³/mol. The first-order chi connectivity index (χ1) is 7.38. The van der Waals surface area contributed by atoms with Gasteiger partial charge in [-0.2, -0.15) is 0 Å². The van der Waals surface area contributed by atoms with Gasteiger partial charge in [0.2, 0.25) is 0 Å². The molecule has 0 radical (unpaired) electrons. The number of rotatable bonds is 3. The Labute approximate surface area is 94.1 Å². The largest absolute Gasteiger partial charge is 0.517 e. The summed E-state index contributed by atoms with van der Waals surface area (Å²) in [6.45, 7) is -0.173. The third kappa shape index (κ3) is 8.22. The topological polar surface area (TPSA) is 130 Å². The summed E-state index contributed by atoms with van der Waals surface area (Å²) in [5.74, 6) is -0.490. The standard InChI is InChI=1S/C9H9O2.ClHO4/c10-6-9(7-11)8-4-2-1-3-5-8;2-1(3,4)5/h1-5,9-10H,6H2;(H,2,3,4,5)/q+1;/p-1. The first kappa shape index (κ1) is 14.9. The van der Waals surface area contributed by atoms with Gasteiger partial charge < -0.3 is 5.11 Å². The van der Waals surface area contributed by atoms with Crippen LogP contribution < -0.4 is 18.6 Å². The van der Waals surface area contributed by atoms with E-state index in [1.165, 1.54) is 0 Å². The van der Waals surface area contributed by atoms with E-state index in [4.69, 9.17) is 23.7 Å². The van der Waals surface area contributed by atoms with E-state index in [0.717, 1.165) is 5.56 Å². The van der Waals surface area contributed by atoms with Crippen LogP contribution in [0.2, 0.25) is 0 Å². The zero-order chi connectivity index (χ0) is 12.6. The molecule has 0 saturated heterocycles. The molecule has 0 fully saturated rings. The second kappa shape index (κ2) is 7.21. The quantitative estimate of drug-likeness (QED) is 0.545. The van der Waals surface area contributed by atoms with Crippen molar-refractivity contribution in [2.45, 2.75) is 5.92 Å². The van der Waals surface area contributed by atoms with E-state index in [9.17, 15) is 4.79 Å². The Balaban J connectivity index is 0.000000385. The van der Waals surface area contributed by atoms with Gasteiger partial charge in [0, 0.05) is 10.4 Å². The SMILES string of the molecule is O=[C+]C(CO)c1ccccc1.[O-][Cl+3]([O-])([O-])[O-]. The van der Waals surface area contributed by atoms with Crippen LogP contribution in [-0.2, 0) is 4.79 Å². The van der Waals surface area contributed by atoms with Crippen molar-refractivity contribution in [2.75, 3.05) is 6.61 Å². The van der Waals surface area contributed by atoms with Crippen LogP contribution in [0, 0.1) is 10.2 Å². The van der Waals surface area contributed by atoms with Crippen LogP contribution in [0.3, 0.4) is 0 Å². The Morgan fingerprint density at radius 1 is 1.19 bits per heavy atom. The molecule has 1 atom stereocenters. The van der Waals surface area contributed by atoms with Crippen LogP contribution in [0.5, 0.6) is 0 Å². The van der Waals surface area contributed by atoms with Crippen LogP contribution in [0.4, 0.5) is 0 Å². The van der Waals surface area contributed by atoms with Crippen molar-refractivity contribution in [3.8, 4) is 0 Å². The normalized spacial score (nSPS) is 12.1. The maximum atomic E-state index is 10.3. The molecule has 6 nitrogen and oxygen atoms in total. The predicted octanol–water partition coefficient (Wildman–Crippen LogP) is -3.88. The molecule has 7 heteroatoms. The lowest BCUT2D eigenvalue weighted by molar-refractivity contribution is -2.00. The van der Waals surface area contributed by atoms with Crippen molar-refractivity contribution < 1.29 is 38.8 Å². The highest BCUT2D eigenvalue weighted by molar-refractivity contribution is 5.62. The molecule has 0 saturated carbocycles. The van der Waals surface area contributed by atoms with Gasteiger partial charge in [-0.25, -0.2) is 18.6 Å². The lowest BCUT2D eigenvalue weighted by atomic mass is 10.0. The summed E-state index contributed by atoms with van der Waals surface area (Å²) in [6, 6.07) is 9.12. The molecule has 1 rings (SSSR count). The third-order valence-corrected chi connectivity index (χ3v) is 1.53. The van der Waals surface area contributed by atoms with Gasteiger partial charge in [0.05, 0.1) is 0 Å². The van der Waals surface area contributed by atoms with E-state index in [-0.39, 0.29) is 6.61 Å². The third-order valence-electron chi connectivity index (χ3n) is 1.53. The fourth-order valence-electron chi connectivity index (χ4n) is 0.896. The summed E-state index contributed by atoms with van der Waals surface area (Å²) < 4.78 is 34.0. The summed E-state index contributed by atoms with van der Waals surface area (Å²) in [5.41, 5.74) is 0.810. The number of halogens is 1. The number of hydrogen-bond donors (Lipinski definition) is 1. The zero-order valence-corrected chi connectivity index (χ0v) is 8.79. The molecule has 0 bridgehead atoms. The Morgan fingerprint density at radius 2 is 1.62 bits per heavy atom. The molecule has 16 heavy (non-hydrogen) atoms. The molecule has 0 heterocycles. The molecule has 0 aromatic heterocycles. The summed E-state index contributed by atoms with van der Waals surface area (Å²) in [4.78, 5) is 10.3. The average Bonchev–Trinajstić information content (AvgIpc) is 2.19. The molecule has 0 aliphatic carbocycles. The van der Waals surface area contributed by atoms with Gasteiger partial charge in [-0.3, -0.25) is 0 Å². The molecular weight excluding hydrogens is 240 g/mol. The monoisotopic (exact) mass is 248 g/mol. The molecule has 1 unspecified atom stereocenters. The highest BCUT2D eigenvalue weighted by Gasteiger charge is 2.22. The van der Waals surface area contributed by atoms with Crippen LogP contribution >= 0.6 is 0 Å². The molecule has 1 aromatic carbocycles. The molecule has 1 N–H and O–H groups in total. The van der Waals surface area contributed by atoms with Gasteiger partial charge in [0.25, 0.3) is 5.92 Å². The van der Waals surface area contributed by atoms with Gasteiger partial charge >= 0.3 is 6.29 Å². The molecule has 0 aliphatic rings. The molecular formula is C9H9ClO6. The number of aliphatic hydroxyl groups excluding tert-OH is 1. The number of hydrogen-bond acceptors (Lipinski definition) is 6. The van der Waals surface area contributed by atoms with Crippen LogP contribution in [0.15, 0.2) is 30.3 Å². The van der Waals surface area contributed by atoms with E-state index < -0.39 is 16.2 Å². The molecule has 0 spiro atoms. The lowest BCUT2D eigenvalue weighted by Crippen LogP contribution is -2.68. The number of aliphatic hydroxyl groups is 1. The van der Waals surface area contributed by atoms with Gasteiger partial charge in [0.15, 0.2) is 0 Å². The van der Waals surface area contributed by atoms with Crippen molar-refractivity contribution in [3.63, 3.8) is 0 Å². The first-order valence-electron chi connectivity index (χ1n) is 4.03. The van der Waals surface area contributed by atoms with E-state index in [1.54, 1.807) is 18.4 Å². The lowest BCUT2D eigenvalue weighted by Gasteiger charge is -2.17. The van der Waals surface area contributed by atoms with Crippen molar-refractivity contribution in [1.82, 2.24) is 0 Å². The number of carbonyl (C=O) groups excluding carboxylic acids is 1. The Kier molecular flexibility index (Phi) is 6.71. The summed E-state index contributed by atoms with van der Waals surface area (Å²) in [6.07, 6.45) is 1.77. The average molecular weight is 249 g/mol. The van der Waals surface area contributed by atoms with Crippen LogP contribution in [0.25, 0.3) is 0 Å².